The molecule has 0 unspecified atom stereocenters. The third-order valence-electron chi connectivity index (χ3n) is 2.48. The van der Waals surface area contributed by atoms with E-state index in [1.54, 1.807) is 6.08 Å². The van der Waals surface area contributed by atoms with Crippen LogP contribution in [0.3, 0.4) is 0 Å². The van der Waals surface area contributed by atoms with Gasteiger partial charge in [0.2, 0.25) is 0 Å². The van der Waals surface area contributed by atoms with E-state index in [-0.39, 0.29) is 5.78 Å². The molecular formula is C15H21NO. The van der Waals surface area contributed by atoms with Crippen molar-refractivity contribution < 1.29 is 4.79 Å². The predicted molar refractivity (Wildman–Crippen MR) is 74.3 cm³/mol. The number of anilines is 1. The molecule has 0 aliphatic carbocycles. The van der Waals surface area contributed by atoms with Gasteiger partial charge in [0.15, 0.2) is 5.78 Å². The van der Waals surface area contributed by atoms with Crippen LogP contribution >= 0.6 is 0 Å². The van der Waals surface area contributed by atoms with Gasteiger partial charge in [0.25, 0.3) is 0 Å². The summed E-state index contributed by atoms with van der Waals surface area (Å²) in [5, 5.41) is 0. The van der Waals surface area contributed by atoms with Crippen LogP contribution in [-0.4, -0.2) is 19.9 Å². The average Bonchev–Trinajstić information content (AvgIpc) is 2.26. The average molecular weight is 231 g/mol. The van der Waals surface area contributed by atoms with Crippen molar-refractivity contribution in [2.45, 2.75) is 20.3 Å². The zero-order valence-electron chi connectivity index (χ0n) is 11.1. The van der Waals surface area contributed by atoms with Crippen molar-refractivity contribution in [1.82, 2.24) is 0 Å². The zero-order chi connectivity index (χ0) is 12.8. The van der Waals surface area contributed by atoms with Crippen LogP contribution in [0, 0.1) is 5.92 Å². The van der Waals surface area contributed by atoms with E-state index in [1.807, 2.05) is 44.4 Å². The highest BCUT2D eigenvalue weighted by Gasteiger charge is 2.00. The van der Waals surface area contributed by atoms with E-state index in [0.29, 0.717) is 12.3 Å². The van der Waals surface area contributed by atoms with Gasteiger partial charge in [-0.3, -0.25) is 4.79 Å². The fourth-order valence-corrected chi connectivity index (χ4v) is 1.54. The third kappa shape index (κ3) is 4.85. The number of rotatable bonds is 5. The molecule has 0 aliphatic rings. The fourth-order valence-electron chi connectivity index (χ4n) is 1.54. The molecule has 1 aromatic rings. The first-order valence-electron chi connectivity index (χ1n) is 5.97. The minimum absolute atomic E-state index is 0.191. The summed E-state index contributed by atoms with van der Waals surface area (Å²) in [6.45, 7) is 4.11. The summed E-state index contributed by atoms with van der Waals surface area (Å²) >= 11 is 0. The molecule has 0 N–H and O–H groups in total. The van der Waals surface area contributed by atoms with Gasteiger partial charge in [0.1, 0.15) is 0 Å². The first kappa shape index (κ1) is 13.5. The number of carbonyl (C=O) groups is 1. The molecule has 0 saturated carbocycles. The normalized spacial score (nSPS) is 11.1. The third-order valence-corrected chi connectivity index (χ3v) is 2.48. The Balaban J connectivity index is 2.63. The molecule has 0 fully saturated rings. The Labute approximate surface area is 104 Å². The van der Waals surface area contributed by atoms with Gasteiger partial charge in [-0.1, -0.05) is 32.1 Å². The fraction of sp³-hybridized carbons (Fsp3) is 0.400. The van der Waals surface area contributed by atoms with Crippen LogP contribution in [-0.2, 0) is 4.79 Å². The maximum atomic E-state index is 11.5. The van der Waals surface area contributed by atoms with Crippen LogP contribution in [0.25, 0.3) is 6.08 Å². The lowest BCUT2D eigenvalue weighted by atomic mass is 10.1. The van der Waals surface area contributed by atoms with Crippen molar-refractivity contribution >= 4 is 17.5 Å². The lowest BCUT2D eigenvalue weighted by Crippen LogP contribution is -2.07. The van der Waals surface area contributed by atoms with Gasteiger partial charge in [-0.2, -0.15) is 0 Å². The van der Waals surface area contributed by atoms with Crippen molar-refractivity contribution in [2.24, 2.45) is 5.92 Å². The molecule has 0 atom stereocenters. The Morgan fingerprint density at radius 3 is 2.29 bits per heavy atom. The molecule has 1 aromatic carbocycles. The highest BCUT2D eigenvalue weighted by molar-refractivity contribution is 5.93. The molecule has 92 valence electrons. The maximum Gasteiger partial charge on any atom is 0.155 e. The van der Waals surface area contributed by atoms with Crippen LogP contribution in [0.5, 0.6) is 0 Å². The SMILES string of the molecule is CC(C)CC(=O)C=Cc1ccc(N(C)C)cc1. The molecule has 2 nitrogen and oxygen atoms in total. The number of allylic oxidation sites excluding steroid dienone is 1. The molecule has 0 aromatic heterocycles. The van der Waals surface area contributed by atoms with Gasteiger partial charge in [-0.25, -0.2) is 0 Å². The van der Waals surface area contributed by atoms with Crippen LogP contribution in [0.2, 0.25) is 0 Å². The van der Waals surface area contributed by atoms with Crippen molar-refractivity contribution in [3.05, 3.63) is 35.9 Å². The Morgan fingerprint density at radius 2 is 1.82 bits per heavy atom. The van der Waals surface area contributed by atoms with Crippen LogP contribution in [0.15, 0.2) is 30.3 Å². The molecule has 0 amide bonds. The van der Waals surface area contributed by atoms with Gasteiger partial charge in [0.05, 0.1) is 0 Å². The topological polar surface area (TPSA) is 20.3 Å². The molecule has 17 heavy (non-hydrogen) atoms. The summed E-state index contributed by atoms with van der Waals surface area (Å²) in [6.07, 6.45) is 4.17. The molecule has 0 aliphatic heterocycles. The summed E-state index contributed by atoms with van der Waals surface area (Å²) in [4.78, 5) is 13.6. The Bertz CT molecular complexity index is 388. The van der Waals surface area contributed by atoms with Gasteiger partial charge in [-0.15, -0.1) is 0 Å². The number of nitrogens with zero attached hydrogens (tertiary/aromatic N) is 1. The standard InChI is InChI=1S/C15H21NO/c1-12(2)11-15(17)10-7-13-5-8-14(9-6-13)16(3)4/h5-10,12H,11H2,1-4H3. The van der Waals surface area contributed by atoms with E-state index in [4.69, 9.17) is 0 Å². The summed E-state index contributed by atoms with van der Waals surface area (Å²) in [7, 11) is 4.02. The minimum Gasteiger partial charge on any atom is -0.378 e. The largest absolute Gasteiger partial charge is 0.378 e. The monoisotopic (exact) mass is 231 g/mol. The highest BCUT2D eigenvalue weighted by Crippen LogP contribution is 2.13. The summed E-state index contributed by atoms with van der Waals surface area (Å²) in [5.41, 5.74) is 2.23. The number of carbonyl (C=O) groups excluding carboxylic acids is 1. The van der Waals surface area contributed by atoms with E-state index < -0.39 is 0 Å². The Morgan fingerprint density at radius 1 is 1.24 bits per heavy atom. The first-order valence-corrected chi connectivity index (χ1v) is 5.97. The molecule has 0 radical (unpaired) electrons. The lowest BCUT2D eigenvalue weighted by molar-refractivity contribution is -0.115. The second kappa shape index (κ2) is 6.24. The van der Waals surface area contributed by atoms with E-state index in [1.165, 1.54) is 0 Å². The summed E-state index contributed by atoms with van der Waals surface area (Å²) in [6, 6.07) is 8.14. The maximum absolute atomic E-state index is 11.5. The molecule has 0 heterocycles. The molecule has 0 saturated heterocycles. The lowest BCUT2D eigenvalue weighted by Gasteiger charge is -2.11. The van der Waals surface area contributed by atoms with E-state index in [0.717, 1.165) is 11.3 Å². The Hall–Kier alpha value is -1.57. The van der Waals surface area contributed by atoms with Crippen molar-refractivity contribution in [2.75, 3.05) is 19.0 Å². The number of ketones is 1. The predicted octanol–water partition coefficient (Wildman–Crippen LogP) is 3.38. The number of benzene rings is 1. The summed E-state index contributed by atoms with van der Waals surface area (Å²) in [5.74, 6) is 0.611. The van der Waals surface area contributed by atoms with Gasteiger partial charge in [-0.05, 0) is 29.7 Å². The van der Waals surface area contributed by atoms with Crippen molar-refractivity contribution in [3.8, 4) is 0 Å². The van der Waals surface area contributed by atoms with E-state index >= 15 is 0 Å². The van der Waals surface area contributed by atoms with Crippen LogP contribution in [0.1, 0.15) is 25.8 Å². The van der Waals surface area contributed by atoms with Gasteiger partial charge < -0.3 is 4.90 Å². The smallest absolute Gasteiger partial charge is 0.155 e. The van der Waals surface area contributed by atoms with Crippen LogP contribution in [0.4, 0.5) is 5.69 Å². The molecule has 0 bridgehead atoms. The first-order chi connectivity index (χ1) is 7.99. The molecule has 1 rings (SSSR count). The highest BCUT2D eigenvalue weighted by atomic mass is 16.1. The van der Waals surface area contributed by atoms with Crippen molar-refractivity contribution in [3.63, 3.8) is 0 Å². The second-order valence-electron chi connectivity index (χ2n) is 4.88. The second-order valence-corrected chi connectivity index (χ2v) is 4.88. The van der Waals surface area contributed by atoms with E-state index in [2.05, 4.69) is 18.7 Å². The zero-order valence-corrected chi connectivity index (χ0v) is 11.1. The quantitative estimate of drug-likeness (QED) is 0.724. The van der Waals surface area contributed by atoms with Crippen LogP contribution < -0.4 is 4.90 Å². The van der Waals surface area contributed by atoms with Gasteiger partial charge >= 0.3 is 0 Å². The molecule has 0 spiro atoms. The number of hydrogen-bond donors (Lipinski definition) is 0. The summed E-state index contributed by atoms with van der Waals surface area (Å²) < 4.78 is 0. The molecule has 2 heteroatoms. The van der Waals surface area contributed by atoms with Crippen molar-refractivity contribution in [1.29, 1.82) is 0 Å². The minimum atomic E-state index is 0.191. The van der Waals surface area contributed by atoms with Gasteiger partial charge in [0, 0.05) is 26.2 Å². The number of hydrogen-bond acceptors (Lipinski definition) is 2. The molecular weight excluding hydrogens is 210 g/mol. The van der Waals surface area contributed by atoms with E-state index in [9.17, 15) is 4.79 Å². The Kier molecular flexibility index (Phi) is 4.95.